The molecule has 3 aliphatic rings. The van der Waals surface area contributed by atoms with Gasteiger partial charge >= 0.3 is 0 Å². The van der Waals surface area contributed by atoms with Gasteiger partial charge in [-0.05, 0) is 37.0 Å². The fraction of sp³-hybridized carbons (Fsp3) is 1.00. The summed E-state index contributed by atoms with van der Waals surface area (Å²) in [6.07, 6.45) is 8.87. The van der Waals surface area contributed by atoms with Crippen molar-refractivity contribution in [3.63, 3.8) is 0 Å². The SMILES string of the molecule is CC1CCCCC1CN1CCNC(C2CC2)C1. The summed E-state index contributed by atoms with van der Waals surface area (Å²) in [6.45, 7) is 7.69. The average Bonchev–Trinajstić information content (AvgIpc) is 3.17. The quantitative estimate of drug-likeness (QED) is 0.810. The van der Waals surface area contributed by atoms with Crippen molar-refractivity contribution in [1.82, 2.24) is 10.2 Å². The molecule has 3 fully saturated rings. The molecule has 2 saturated carbocycles. The Morgan fingerprint density at radius 2 is 1.94 bits per heavy atom. The van der Waals surface area contributed by atoms with Gasteiger partial charge in [-0.2, -0.15) is 0 Å². The largest absolute Gasteiger partial charge is 0.311 e. The molecular formula is C15H28N2. The maximum atomic E-state index is 3.72. The minimum Gasteiger partial charge on any atom is -0.311 e. The van der Waals surface area contributed by atoms with Crippen molar-refractivity contribution in [2.24, 2.45) is 17.8 Å². The molecule has 0 amide bonds. The molecule has 1 heterocycles. The summed E-state index contributed by atoms with van der Waals surface area (Å²) >= 11 is 0. The monoisotopic (exact) mass is 236 g/mol. The Morgan fingerprint density at radius 1 is 1.12 bits per heavy atom. The molecule has 3 rings (SSSR count). The van der Waals surface area contributed by atoms with Crippen molar-refractivity contribution < 1.29 is 0 Å². The first-order valence-electron chi connectivity index (χ1n) is 7.78. The van der Waals surface area contributed by atoms with Crippen LogP contribution in [0.25, 0.3) is 0 Å². The molecule has 0 aromatic rings. The van der Waals surface area contributed by atoms with Gasteiger partial charge in [-0.1, -0.05) is 26.2 Å². The molecule has 1 N–H and O–H groups in total. The van der Waals surface area contributed by atoms with Crippen LogP contribution in [0.1, 0.15) is 45.4 Å². The van der Waals surface area contributed by atoms with E-state index in [9.17, 15) is 0 Å². The molecule has 2 aliphatic carbocycles. The van der Waals surface area contributed by atoms with Gasteiger partial charge in [0.25, 0.3) is 0 Å². The number of piperazine rings is 1. The average molecular weight is 236 g/mol. The zero-order valence-electron chi connectivity index (χ0n) is 11.3. The van der Waals surface area contributed by atoms with Crippen molar-refractivity contribution in [3.05, 3.63) is 0 Å². The van der Waals surface area contributed by atoms with Crippen molar-refractivity contribution in [1.29, 1.82) is 0 Å². The summed E-state index contributed by atoms with van der Waals surface area (Å²) in [5.74, 6) is 2.97. The summed E-state index contributed by atoms with van der Waals surface area (Å²) in [5.41, 5.74) is 0. The van der Waals surface area contributed by atoms with Crippen LogP contribution in [0, 0.1) is 17.8 Å². The van der Waals surface area contributed by atoms with E-state index in [-0.39, 0.29) is 0 Å². The van der Waals surface area contributed by atoms with Gasteiger partial charge in [0.1, 0.15) is 0 Å². The van der Waals surface area contributed by atoms with Gasteiger partial charge in [0.05, 0.1) is 0 Å². The normalized spacial score (nSPS) is 40.4. The van der Waals surface area contributed by atoms with E-state index in [4.69, 9.17) is 0 Å². The number of hydrogen-bond acceptors (Lipinski definition) is 2. The van der Waals surface area contributed by atoms with E-state index >= 15 is 0 Å². The summed E-state index contributed by atoms with van der Waals surface area (Å²) in [4.78, 5) is 2.76. The molecule has 17 heavy (non-hydrogen) atoms. The van der Waals surface area contributed by atoms with Gasteiger partial charge in [-0.3, -0.25) is 0 Å². The second-order valence-corrected chi connectivity index (χ2v) is 6.68. The smallest absolute Gasteiger partial charge is 0.0223 e. The van der Waals surface area contributed by atoms with E-state index in [0.29, 0.717) is 0 Å². The molecule has 3 atom stereocenters. The zero-order valence-corrected chi connectivity index (χ0v) is 11.3. The van der Waals surface area contributed by atoms with Crippen LogP contribution in [-0.4, -0.2) is 37.1 Å². The van der Waals surface area contributed by atoms with Gasteiger partial charge in [0.2, 0.25) is 0 Å². The highest BCUT2D eigenvalue weighted by Gasteiger charge is 2.34. The van der Waals surface area contributed by atoms with Crippen LogP contribution in [0.2, 0.25) is 0 Å². The number of rotatable bonds is 3. The third kappa shape index (κ3) is 3.03. The molecule has 0 spiro atoms. The first-order valence-corrected chi connectivity index (χ1v) is 7.78. The van der Waals surface area contributed by atoms with Gasteiger partial charge < -0.3 is 10.2 Å². The van der Waals surface area contributed by atoms with Crippen LogP contribution in [0.5, 0.6) is 0 Å². The molecule has 1 saturated heterocycles. The highest BCUT2D eigenvalue weighted by molar-refractivity contribution is 4.91. The summed E-state index contributed by atoms with van der Waals surface area (Å²) in [6, 6.07) is 0.822. The van der Waals surface area contributed by atoms with E-state index < -0.39 is 0 Å². The molecule has 1 aliphatic heterocycles. The second kappa shape index (κ2) is 5.27. The zero-order chi connectivity index (χ0) is 11.7. The lowest BCUT2D eigenvalue weighted by atomic mass is 9.80. The molecule has 2 heteroatoms. The number of nitrogens with one attached hydrogen (secondary N) is 1. The molecule has 2 nitrogen and oxygen atoms in total. The van der Waals surface area contributed by atoms with Gasteiger partial charge in [0, 0.05) is 32.2 Å². The maximum absolute atomic E-state index is 3.72. The van der Waals surface area contributed by atoms with Crippen LogP contribution in [-0.2, 0) is 0 Å². The van der Waals surface area contributed by atoms with E-state index in [1.165, 1.54) is 64.7 Å². The van der Waals surface area contributed by atoms with Crippen LogP contribution in [0.3, 0.4) is 0 Å². The molecular weight excluding hydrogens is 208 g/mol. The topological polar surface area (TPSA) is 15.3 Å². The van der Waals surface area contributed by atoms with Gasteiger partial charge in [0.15, 0.2) is 0 Å². The van der Waals surface area contributed by atoms with Crippen molar-refractivity contribution in [3.8, 4) is 0 Å². The number of nitrogens with zero attached hydrogens (tertiary/aromatic N) is 1. The molecule has 0 bridgehead atoms. The Hall–Kier alpha value is -0.0800. The van der Waals surface area contributed by atoms with E-state index in [1.807, 2.05) is 0 Å². The van der Waals surface area contributed by atoms with Crippen LogP contribution >= 0.6 is 0 Å². The summed E-state index contributed by atoms with van der Waals surface area (Å²) in [7, 11) is 0. The van der Waals surface area contributed by atoms with E-state index in [0.717, 1.165) is 23.8 Å². The lowest BCUT2D eigenvalue weighted by molar-refractivity contribution is 0.124. The predicted molar refractivity (Wildman–Crippen MR) is 72.1 cm³/mol. The van der Waals surface area contributed by atoms with Crippen LogP contribution in [0.4, 0.5) is 0 Å². The number of hydrogen-bond donors (Lipinski definition) is 1. The molecule has 0 aromatic heterocycles. The van der Waals surface area contributed by atoms with Crippen LogP contribution in [0.15, 0.2) is 0 Å². The highest BCUT2D eigenvalue weighted by atomic mass is 15.2. The first kappa shape index (κ1) is 12.0. The van der Waals surface area contributed by atoms with E-state index in [2.05, 4.69) is 17.1 Å². The Kier molecular flexibility index (Phi) is 3.72. The van der Waals surface area contributed by atoms with Crippen molar-refractivity contribution in [2.45, 2.75) is 51.5 Å². The van der Waals surface area contributed by atoms with E-state index in [1.54, 1.807) is 0 Å². The molecule has 0 radical (unpaired) electrons. The Morgan fingerprint density at radius 3 is 2.71 bits per heavy atom. The lowest BCUT2D eigenvalue weighted by Crippen LogP contribution is -2.53. The fourth-order valence-electron chi connectivity index (χ4n) is 3.82. The Labute approximate surface area is 106 Å². The summed E-state index contributed by atoms with van der Waals surface area (Å²) < 4.78 is 0. The summed E-state index contributed by atoms with van der Waals surface area (Å²) in [5, 5.41) is 3.72. The third-order valence-corrected chi connectivity index (χ3v) is 5.26. The van der Waals surface area contributed by atoms with Gasteiger partial charge in [-0.25, -0.2) is 0 Å². The maximum Gasteiger partial charge on any atom is 0.0223 e. The minimum atomic E-state index is 0.822. The van der Waals surface area contributed by atoms with Gasteiger partial charge in [-0.15, -0.1) is 0 Å². The minimum absolute atomic E-state index is 0.822. The van der Waals surface area contributed by atoms with Crippen LogP contribution < -0.4 is 5.32 Å². The molecule has 0 aromatic carbocycles. The third-order valence-electron chi connectivity index (χ3n) is 5.26. The van der Waals surface area contributed by atoms with Crippen molar-refractivity contribution in [2.75, 3.05) is 26.2 Å². The Balaban J connectivity index is 1.49. The lowest BCUT2D eigenvalue weighted by Gasteiger charge is -2.38. The second-order valence-electron chi connectivity index (χ2n) is 6.68. The van der Waals surface area contributed by atoms with Crippen molar-refractivity contribution >= 4 is 0 Å². The highest BCUT2D eigenvalue weighted by Crippen LogP contribution is 2.35. The fourth-order valence-corrected chi connectivity index (χ4v) is 3.82. The Bertz CT molecular complexity index is 249. The molecule has 98 valence electrons. The predicted octanol–water partition coefficient (Wildman–Crippen LogP) is 2.50. The first-order chi connectivity index (χ1) is 8.33. The standard InChI is InChI=1S/C15H28N2/c1-12-4-2-3-5-14(12)10-17-9-8-16-15(11-17)13-6-7-13/h12-16H,2-11H2,1H3. The molecule has 3 unspecified atom stereocenters.